The summed E-state index contributed by atoms with van der Waals surface area (Å²) in [4.78, 5) is 12.3. The van der Waals surface area contributed by atoms with Crippen LogP contribution in [0.3, 0.4) is 0 Å². The molecule has 0 unspecified atom stereocenters. The second-order valence-electron chi connectivity index (χ2n) is 9.41. The molecule has 0 fully saturated rings. The average molecular weight is 778 g/mol. The van der Waals surface area contributed by atoms with E-state index < -0.39 is 40.1 Å². The zero-order valence-corrected chi connectivity index (χ0v) is 35.3. The number of rotatable bonds is 9. The van der Waals surface area contributed by atoms with Crippen molar-refractivity contribution in [3.63, 3.8) is 0 Å². The van der Waals surface area contributed by atoms with Crippen molar-refractivity contribution < 1.29 is 132 Å². The van der Waals surface area contributed by atoms with Gasteiger partial charge in [0.1, 0.15) is 4.90 Å². The van der Waals surface area contributed by atoms with Gasteiger partial charge in [0.05, 0.1) is 21.2 Å². The van der Waals surface area contributed by atoms with Crippen LogP contribution in [0.2, 0.25) is 5.28 Å². The third-order valence-corrected chi connectivity index (χ3v) is 8.99. The summed E-state index contributed by atoms with van der Waals surface area (Å²) in [6.45, 7) is 0. The zero-order valence-electron chi connectivity index (χ0n) is 29.1. The second-order valence-corrected chi connectivity index (χ2v) is 14.0. The quantitative estimate of drug-likeness (QED) is 0.0652. The van der Waals surface area contributed by atoms with Crippen LogP contribution in [0.1, 0.15) is 4.28 Å². The summed E-state index contributed by atoms with van der Waals surface area (Å²) in [7, 11) is -12.4. The van der Waals surface area contributed by atoms with Crippen LogP contribution in [0.4, 0.5) is 34.6 Å². The van der Waals surface area contributed by atoms with Gasteiger partial charge in [0.2, 0.25) is 17.2 Å². The zero-order chi connectivity index (χ0) is 33.4. The van der Waals surface area contributed by atoms with Crippen LogP contribution >= 0.6 is 11.6 Å². The maximum Gasteiger partial charge on any atom is 1.00 e. The molecule has 1 aromatic heterocycles. The summed E-state index contributed by atoms with van der Waals surface area (Å²) in [5.74, 6) is 0.134. The molecule has 0 saturated carbocycles. The molecule has 23 heteroatoms. The van der Waals surface area contributed by atoms with Crippen LogP contribution in [-0.2, 0) is 30.4 Å². The van der Waals surface area contributed by atoms with Crippen LogP contribution in [-0.4, -0.2) is 60.9 Å². The van der Waals surface area contributed by atoms with Crippen molar-refractivity contribution in [1.82, 2.24) is 15.0 Å². The first-order valence-electron chi connectivity index (χ1n) is 12.5. The molecule has 0 bridgehead atoms. The predicted octanol–water partition coefficient (Wildman–Crippen LogP) is -3.31. The number of aromatic nitrogens is 3. The van der Waals surface area contributed by atoms with E-state index in [0.717, 1.165) is 6.07 Å². The maximum atomic E-state index is 11.8. The number of fused-ring (bicyclic) bond motifs is 1. The average Bonchev–Trinajstić information content (AvgIpc) is 2.97. The van der Waals surface area contributed by atoms with Crippen LogP contribution in [0.5, 0.6) is 0 Å². The van der Waals surface area contributed by atoms with Crippen LogP contribution in [0, 0.1) is 0 Å². The number of hydrogen-bond acceptors (Lipinski definition) is 13. The van der Waals surface area contributed by atoms with E-state index in [2.05, 4.69) is 30.5 Å². The minimum atomic E-state index is -4.82. The molecule has 1 heterocycles. The van der Waals surface area contributed by atoms with Gasteiger partial charge in [-0.2, -0.15) is 50.4 Å². The van der Waals surface area contributed by atoms with Gasteiger partial charge >= 0.3 is 88.7 Å². The minimum absolute atomic E-state index is 0. The molecule has 5 rings (SSSR count). The van der Waals surface area contributed by atoms with E-state index in [4.69, 9.17) is 11.6 Å². The fourth-order valence-corrected chi connectivity index (χ4v) is 6.14. The minimum Gasteiger partial charge on any atom is -1.00 e. The molecule has 5 aromatic rings. The van der Waals surface area contributed by atoms with Crippen molar-refractivity contribution in [1.29, 1.82) is 0 Å². The van der Waals surface area contributed by atoms with E-state index in [9.17, 15) is 38.9 Å². The Bertz CT molecular complexity index is 2390. The number of nitrogens with one attached hydrogen (secondary N) is 1. The summed E-state index contributed by atoms with van der Waals surface area (Å²) in [5.41, 5.74) is 1.48. The van der Waals surface area contributed by atoms with Crippen molar-refractivity contribution in [3.8, 4) is 0 Å². The van der Waals surface area contributed by atoms with E-state index in [1.165, 1.54) is 42.5 Å². The van der Waals surface area contributed by atoms with Gasteiger partial charge in [-0.25, -0.2) is 0 Å². The Morgan fingerprint density at radius 3 is 1.94 bits per heavy atom. The largest absolute Gasteiger partial charge is 1.00 e. The topological polar surface area (TPSA) is 242 Å². The van der Waals surface area contributed by atoms with Crippen molar-refractivity contribution in [2.75, 3.05) is 17.3 Å². The summed E-state index contributed by atoms with van der Waals surface area (Å²) >= 11 is 6.10. The Kier molecular flexibility index (Phi) is 15.3. The third kappa shape index (κ3) is 11.2. The van der Waals surface area contributed by atoms with E-state index in [1.807, 2.05) is 0 Å². The molecule has 16 nitrogen and oxygen atoms in total. The standard InChI is InChI=1S/C26H20ClN7O9S3.3Na.3H/c1-34(26-30-24(27)29-25(31-26)28-17-3-2-4-20(13-17)44(35,36)37)19-8-5-16(6-9-19)32-33-18-7-10-22-15(11-18)12-21(45(38,39)40)14-23(22)46(41,42)43;;;;;;/h2-14H,1H3,(H,35,36,37)(H,38,39,40)(H,41,42,43)(H,28,29,30,31);;;;;;/q;3*+1;3*-1. The van der Waals surface area contributed by atoms with E-state index in [1.54, 1.807) is 36.2 Å². The SMILES string of the molecule is CN(c1ccc(N=Nc2ccc3c(S(=O)(=O)O)cc(S(=O)(=O)O)cc3c2)cc1)c1nc(Cl)nc(Nc2cccc(S(=O)(=O)O)c2)n1.[H-].[H-].[H-].[Na+].[Na+].[Na+]. The molecule has 0 aliphatic carbocycles. The van der Waals surface area contributed by atoms with Crippen molar-refractivity contribution in [2.45, 2.75) is 14.7 Å². The number of benzene rings is 4. The summed E-state index contributed by atoms with van der Waals surface area (Å²) in [5, 5.41) is 11.0. The van der Waals surface area contributed by atoms with Gasteiger partial charge in [-0.05, 0) is 83.7 Å². The Morgan fingerprint density at radius 2 is 1.33 bits per heavy atom. The van der Waals surface area contributed by atoms with Crippen molar-refractivity contribution in [2.24, 2.45) is 10.2 Å². The normalized spacial score (nSPS) is 11.7. The van der Waals surface area contributed by atoms with Crippen molar-refractivity contribution in [3.05, 3.63) is 84.1 Å². The summed E-state index contributed by atoms with van der Waals surface area (Å²) in [6.07, 6.45) is 0. The smallest absolute Gasteiger partial charge is 1.00 e. The molecule has 49 heavy (non-hydrogen) atoms. The summed E-state index contributed by atoms with van der Waals surface area (Å²) < 4.78 is 98.1. The predicted molar refractivity (Wildman–Crippen MR) is 170 cm³/mol. The maximum absolute atomic E-state index is 11.8. The van der Waals surface area contributed by atoms with Gasteiger partial charge in [0.15, 0.2) is 0 Å². The Labute approximate surface area is 356 Å². The molecule has 0 saturated heterocycles. The first-order valence-corrected chi connectivity index (χ1v) is 17.2. The van der Waals surface area contributed by atoms with Crippen LogP contribution < -0.4 is 98.9 Å². The molecule has 0 spiro atoms. The molecule has 0 atom stereocenters. The summed E-state index contributed by atoms with van der Waals surface area (Å²) in [6, 6.07) is 17.7. The van der Waals surface area contributed by atoms with E-state index >= 15 is 0 Å². The number of nitrogens with zero attached hydrogens (tertiary/aromatic N) is 6. The second kappa shape index (κ2) is 17.3. The molecule has 0 radical (unpaired) electrons. The third-order valence-electron chi connectivity index (χ3n) is 6.25. The fourth-order valence-electron chi connectivity index (χ4n) is 4.10. The first kappa shape index (κ1) is 43.5. The Morgan fingerprint density at radius 1 is 0.714 bits per heavy atom. The van der Waals surface area contributed by atoms with Gasteiger partial charge in [-0.3, -0.25) is 13.7 Å². The van der Waals surface area contributed by atoms with Gasteiger partial charge in [0.25, 0.3) is 30.4 Å². The first-order chi connectivity index (χ1) is 21.5. The number of hydrogen-bond donors (Lipinski definition) is 4. The van der Waals surface area contributed by atoms with Crippen LogP contribution in [0.25, 0.3) is 10.8 Å². The molecule has 244 valence electrons. The molecule has 4 N–H and O–H groups in total. The number of anilines is 4. The molecule has 0 amide bonds. The molecular formula is C26H23ClN7Na3O9S3. The molecule has 0 aliphatic rings. The Balaban J connectivity index is 0. The number of azo groups is 1. The van der Waals surface area contributed by atoms with Gasteiger partial charge in [-0.1, -0.05) is 12.1 Å². The van der Waals surface area contributed by atoms with Gasteiger partial charge in [-0.15, -0.1) is 0 Å². The van der Waals surface area contributed by atoms with Gasteiger partial charge in [0, 0.05) is 23.8 Å². The van der Waals surface area contributed by atoms with Crippen LogP contribution in [0.15, 0.2) is 104 Å². The number of halogens is 1. The van der Waals surface area contributed by atoms with E-state index in [-0.39, 0.29) is 137 Å². The van der Waals surface area contributed by atoms with Crippen molar-refractivity contribution >= 4 is 87.4 Å². The monoisotopic (exact) mass is 777 g/mol. The Hall–Kier alpha value is -1.63. The van der Waals surface area contributed by atoms with Gasteiger partial charge < -0.3 is 14.5 Å². The molecule has 0 aliphatic heterocycles. The fraction of sp³-hybridized carbons (Fsp3) is 0.0385. The van der Waals surface area contributed by atoms with E-state index in [0.29, 0.717) is 17.4 Å². The molecule has 4 aromatic carbocycles. The molecular weight excluding hydrogens is 755 g/mol.